The van der Waals surface area contributed by atoms with E-state index in [1.807, 2.05) is 0 Å². The quantitative estimate of drug-likeness (QED) is 0.341. The number of rotatable bonds is 3. The Bertz CT molecular complexity index is 137. The van der Waals surface area contributed by atoms with Crippen molar-refractivity contribution in [1.82, 2.24) is 3.90 Å². The molecule has 0 fully saturated rings. The Morgan fingerprint density at radius 2 is 2.00 bits per heavy atom. The molecule has 0 spiro atoms. The lowest BCUT2D eigenvalue weighted by Crippen LogP contribution is -2.08. The first-order valence-electron chi connectivity index (χ1n) is 5.17. The molecule has 0 bridgehead atoms. The predicted molar refractivity (Wildman–Crippen MR) is 31.7 cm³/mol. The molecule has 0 radical (unpaired) electrons. The number of nitrogens with zero attached hydrogens (tertiary/aromatic N) is 1. The molecule has 0 N–H and O–H groups in total. The van der Waals surface area contributed by atoms with Gasteiger partial charge in [0.1, 0.15) is 0 Å². The van der Waals surface area contributed by atoms with Crippen LogP contribution >= 0.6 is 0 Å². The lowest BCUT2D eigenvalue weighted by molar-refractivity contribution is 1.18. The van der Waals surface area contributed by atoms with Crippen LogP contribution in [0.5, 0.6) is 0 Å². The molecule has 0 aliphatic carbocycles. The van der Waals surface area contributed by atoms with Gasteiger partial charge in [-0.1, -0.05) is 0 Å². The van der Waals surface area contributed by atoms with E-state index < -0.39 is 30.6 Å². The van der Waals surface area contributed by atoms with Crippen LogP contribution < -0.4 is 0 Å². The minimum absolute atomic E-state index is 0.0208. The summed E-state index contributed by atoms with van der Waals surface area (Å²) in [5, 5.41) is 0. The summed E-state index contributed by atoms with van der Waals surface area (Å²) in [5.41, 5.74) is 0. The first-order chi connectivity index (χ1) is 5.37. The van der Waals surface area contributed by atoms with Crippen molar-refractivity contribution >= 4 is 30.6 Å². The van der Waals surface area contributed by atoms with E-state index in [4.69, 9.17) is 11.1 Å². The fourth-order valence-corrected chi connectivity index (χ4v) is 0. The molecule has 4 heavy (non-hydrogen) atoms. The average Bonchev–Trinajstić information content (AvgIpc) is 1.44. The smallest absolute Gasteiger partial charge is 0.0625 e. The van der Waals surface area contributed by atoms with Gasteiger partial charge in [-0.2, -0.15) is 0 Å². The number of hydrogen-bond acceptors (Lipinski definition) is 1. The maximum absolute atomic E-state index is 6.95. The second-order valence-corrected chi connectivity index (χ2v) is 3.02. The van der Waals surface area contributed by atoms with Gasteiger partial charge in [0, 0.05) is 11.1 Å². The SMILES string of the molecule is [2H][Si]([2H])([2H])N([Si]([2H])([2H])[2H])[Si]([2H])([2H])[2H]. The molecule has 0 saturated carbocycles. The summed E-state index contributed by atoms with van der Waals surface area (Å²) in [6.45, 7) is 0. The summed E-state index contributed by atoms with van der Waals surface area (Å²) in [6.07, 6.45) is 0. The van der Waals surface area contributed by atoms with Crippen LogP contribution in [0.2, 0.25) is 0 Å². The minimum atomic E-state index is -4.48. The zero-order valence-electron chi connectivity index (χ0n) is 10.9. The van der Waals surface area contributed by atoms with Gasteiger partial charge < -0.3 is 3.90 Å². The Morgan fingerprint density at radius 3 is 2.00 bits per heavy atom. The predicted octanol–water partition coefficient (Wildman–Crippen LogP) is -3.87. The molecule has 0 saturated heterocycles. The molecule has 0 heterocycles. The van der Waals surface area contributed by atoms with Gasteiger partial charge in [-0.15, -0.1) is 0 Å². The molecule has 0 aliphatic rings. The molecule has 26 valence electrons. The zero-order valence-corrected chi connectivity index (χ0v) is 4.95. The third kappa shape index (κ3) is 18.2. The second-order valence-electron chi connectivity index (χ2n) is 0.335. The van der Waals surface area contributed by atoms with Crippen LogP contribution in [-0.2, 0) is 0 Å². The van der Waals surface area contributed by atoms with Gasteiger partial charge in [-0.05, 0) is 0 Å². The van der Waals surface area contributed by atoms with E-state index in [1.165, 1.54) is 0 Å². The normalized spacial score (nSPS) is 51.8. The van der Waals surface area contributed by atoms with Crippen molar-refractivity contribution < 1.29 is 0 Å². The monoisotopic (exact) mass is 116 g/mol. The lowest BCUT2D eigenvalue weighted by atomic mass is 13.8. The largest absolute Gasteiger partial charge is 0.390 e. The molecule has 1 nitrogen and oxygen atoms in total. The van der Waals surface area contributed by atoms with E-state index in [9.17, 15) is 0 Å². The van der Waals surface area contributed by atoms with Gasteiger partial charge in [0.25, 0.3) is 0 Å². The van der Waals surface area contributed by atoms with E-state index in [-0.39, 0.29) is 3.90 Å². The Hall–Kier alpha value is 0.611. The fourth-order valence-electron chi connectivity index (χ4n) is 0. The topological polar surface area (TPSA) is 3.24 Å². The van der Waals surface area contributed by atoms with Crippen LogP contribution in [0, 0.1) is 0 Å². The van der Waals surface area contributed by atoms with Crippen LogP contribution in [0.15, 0.2) is 0 Å². The van der Waals surface area contributed by atoms with Crippen molar-refractivity contribution in [2.75, 3.05) is 0 Å². The Morgan fingerprint density at radius 1 is 1.50 bits per heavy atom. The maximum Gasteiger partial charge on any atom is 0.0625 e. The molecule has 0 aromatic heterocycles. The molecular weight excluding hydrogens is 98.3 g/mol. The Balaban J connectivity index is 5.02. The van der Waals surface area contributed by atoms with Gasteiger partial charge >= 0.3 is 0 Å². The average molecular weight is 116 g/mol. The second kappa shape index (κ2) is 1.89. The molecule has 4 heteroatoms. The highest BCUT2D eigenvalue weighted by atomic mass is 28.3. The van der Waals surface area contributed by atoms with Gasteiger partial charge in [-0.25, -0.2) is 0 Å². The third-order valence-corrected chi connectivity index (χ3v) is 0. The minimum Gasteiger partial charge on any atom is -0.390 e. The summed E-state index contributed by atoms with van der Waals surface area (Å²) in [5.74, 6) is 0. The highest BCUT2D eigenvalue weighted by Crippen LogP contribution is 1.38. The van der Waals surface area contributed by atoms with Gasteiger partial charge in [-0.3, -0.25) is 0 Å². The van der Waals surface area contributed by atoms with Gasteiger partial charge in [0.2, 0.25) is 0 Å². The van der Waals surface area contributed by atoms with Crippen molar-refractivity contribution in [2.24, 2.45) is 0 Å². The van der Waals surface area contributed by atoms with Gasteiger partial charge in [0.05, 0.1) is 30.6 Å². The van der Waals surface area contributed by atoms with Crippen molar-refractivity contribution in [3.63, 3.8) is 0 Å². The van der Waals surface area contributed by atoms with E-state index in [0.29, 0.717) is 0 Å². The van der Waals surface area contributed by atoms with Crippen LogP contribution in [0.1, 0.15) is 0 Å². The molecule has 0 amide bonds. The third-order valence-electron chi connectivity index (χ3n) is 0. The Labute approximate surface area is 46.9 Å². The molecule has 0 atom stereocenters. The van der Waals surface area contributed by atoms with Crippen LogP contribution in [0.4, 0.5) is 0 Å². The van der Waals surface area contributed by atoms with E-state index in [2.05, 4.69) is 0 Å². The van der Waals surface area contributed by atoms with Crippen LogP contribution in [0.25, 0.3) is 0 Å². The molecule has 0 rings (SSSR count). The summed E-state index contributed by atoms with van der Waals surface area (Å²) in [7, 11) is -13.4. The fraction of sp³-hybridized carbons (Fsp3) is 0. The Kier molecular flexibility index (Phi) is 0.178. The highest BCUT2D eigenvalue weighted by molar-refractivity contribution is 6.41. The summed E-state index contributed by atoms with van der Waals surface area (Å²) >= 11 is 0. The van der Waals surface area contributed by atoms with Crippen molar-refractivity contribution in [2.45, 2.75) is 0 Å². The zero-order chi connectivity index (χ0) is 11.1. The standard InChI is InChI=1S/H9NSi3/c2-1(3)4/h2-4H3/i2D3,3D3,4D3. The highest BCUT2D eigenvalue weighted by Gasteiger charge is 1.58. The summed E-state index contributed by atoms with van der Waals surface area (Å²) in [4.78, 5) is 0. The van der Waals surface area contributed by atoms with Crippen molar-refractivity contribution in [3.05, 3.63) is 0 Å². The van der Waals surface area contributed by atoms with Crippen LogP contribution in [0.3, 0.4) is 0 Å². The van der Waals surface area contributed by atoms with Gasteiger partial charge in [0.15, 0.2) is 0 Å². The lowest BCUT2D eigenvalue weighted by Gasteiger charge is -1.91. The van der Waals surface area contributed by atoms with E-state index in [1.54, 1.807) is 0 Å². The molecule has 0 aliphatic heterocycles. The molecule has 0 unspecified atom stereocenters. The number of hydrogen-bond donors (Lipinski definition) is 0. The first kappa shape index (κ1) is 0.378. The summed E-state index contributed by atoms with van der Waals surface area (Å²) in [6, 6.07) is 0. The van der Waals surface area contributed by atoms with Crippen molar-refractivity contribution in [3.8, 4) is 0 Å². The van der Waals surface area contributed by atoms with E-state index >= 15 is 0 Å². The van der Waals surface area contributed by atoms with Crippen molar-refractivity contribution in [1.29, 1.82) is 11.1 Å². The van der Waals surface area contributed by atoms with Crippen LogP contribution in [-0.4, -0.2) is 45.6 Å². The molecular formula is H9NSi3. The maximum atomic E-state index is 6.95. The first-order valence-corrected chi connectivity index (χ1v) is 2.01. The van der Waals surface area contributed by atoms with E-state index in [0.717, 1.165) is 0 Å². The molecule has 0 aromatic rings. The molecule has 0 aromatic carbocycles. The summed E-state index contributed by atoms with van der Waals surface area (Å²) < 4.78 is 62.5.